The van der Waals surface area contributed by atoms with Gasteiger partial charge in [0.05, 0.1) is 21.3 Å². The molecule has 2 rings (SSSR count). The third-order valence-electron chi connectivity index (χ3n) is 2.22. The molecule has 0 fully saturated rings. The smallest absolute Gasteiger partial charge is 0.166 e. The summed E-state index contributed by atoms with van der Waals surface area (Å²) in [4.78, 5) is 3.96. The van der Waals surface area contributed by atoms with Gasteiger partial charge in [0.1, 0.15) is 5.15 Å². The number of nitrogens with one attached hydrogen (secondary N) is 1. The number of hydrogen-bond acceptors (Lipinski definition) is 3. The van der Waals surface area contributed by atoms with Crippen molar-refractivity contribution in [3.05, 3.63) is 55.1 Å². The van der Waals surface area contributed by atoms with E-state index in [0.29, 0.717) is 26.4 Å². The average Bonchev–Trinajstić information content (AvgIpc) is 2.38. The molecule has 0 amide bonds. The molecule has 0 saturated heterocycles. The van der Waals surface area contributed by atoms with E-state index in [1.54, 1.807) is 18.2 Å². The molecule has 0 atom stereocenters. The van der Waals surface area contributed by atoms with Crippen molar-refractivity contribution in [2.45, 2.75) is 0 Å². The van der Waals surface area contributed by atoms with Gasteiger partial charge in [-0.15, -0.1) is 0 Å². The maximum atomic E-state index is 6.00. The second-order valence-electron chi connectivity index (χ2n) is 3.63. The SMILES string of the molecule is Clc1ccc(C=NNc2nc(Cl)c(Cl)cc2Cl)c(Cl)c1. The number of anilines is 1. The zero-order chi connectivity index (χ0) is 14.7. The van der Waals surface area contributed by atoms with Crippen molar-refractivity contribution >= 4 is 70.0 Å². The van der Waals surface area contributed by atoms with Gasteiger partial charge in [0.15, 0.2) is 5.82 Å². The van der Waals surface area contributed by atoms with Crippen molar-refractivity contribution in [2.75, 3.05) is 5.43 Å². The molecule has 1 aromatic carbocycles. The van der Waals surface area contributed by atoms with E-state index in [0.717, 1.165) is 0 Å². The summed E-state index contributed by atoms with van der Waals surface area (Å²) in [5, 5.41) is 5.73. The van der Waals surface area contributed by atoms with E-state index in [2.05, 4.69) is 15.5 Å². The highest BCUT2D eigenvalue weighted by atomic mass is 35.5. The molecule has 1 heterocycles. The number of pyridine rings is 1. The predicted molar refractivity (Wildman–Crippen MR) is 86.9 cm³/mol. The van der Waals surface area contributed by atoms with Gasteiger partial charge in [-0.3, -0.25) is 5.43 Å². The first-order valence-corrected chi connectivity index (χ1v) is 7.12. The Kier molecular flexibility index (Phi) is 5.35. The lowest BCUT2D eigenvalue weighted by Gasteiger charge is -2.04. The van der Waals surface area contributed by atoms with E-state index in [1.807, 2.05) is 0 Å². The van der Waals surface area contributed by atoms with E-state index in [-0.39, 0.29) is 10.2 Å². The Bertz CT molecular complexity index is 672. The second-order valence-corrected chi connectivity index (χ2v) is 5.64. The lowest BCUT2D eigenvalue weighted by molar-refractivity contribution is 1.23. The first-order valence-electron chi connectivity index (χ1n) is 5.23. The molecule has 0 bridgehead atoms. The molecule has 1 N–H and O–H groups in total. The minimum atomic E-state index is 0.137. The van der Waals surface area contributed by atoms with E-state index < -0.39 is 0 Å². The molecule has 0 aliphatic heterocycles. The molecule has 0 aliphatic carbocycles. The summed E-state index contributed by atoms with van der Waals surface area (Å²) in [5.74, 6) is 0.294. The number of benzene rings is 1. The minimum Gasteiger partial charge on any atom is -0.260 e. The summed E-state index contributed by atoms with van der Waals surface area (Å²) in [5.41, 5.74) is 3.36. The fraction of sp³-hybridized carbons (Fsp3) is 0. The van der Waals surface area contributed by atoms with Gasteiger partial charge in [0.2, 0.25) is 0 Å². The van der Waals surface area contributed by atoms with Crippen molar-refractivity contribution in [1.82, 2.24) is 4.98 Å². The summed E-state index contributed by atoms with van der Waals surface area (Å²) in [6.45, 7) is 0. The summed E-state index contributed by atoms with van der Waals surface area (Å²) in [7, 11) is 0. The van der Waals surface area contributed by atoms with Crippen LogP contribution in [0, 0.1) is 0 Å². The molecule has 20 heavy (non-hydrogen) atoms. The third-order valence-corrected chi connectivity index (χ3v) is 3.75. The normalized spacial score (nSPS) is 11.1. The first-order chi connectivity index (χ1) is 9.47. The first kappa shape index (κ1) is 15.7. The van der Waals surface area contributed by atoms with Crippen molar-refractivity contribution in [3.63, 3.8) is 0 Å². The Balaban J connectivity index is 2.16. The van der Waals surface area contributed by atoms with Crippen LogP contribution in [0.5, 0.6) is 0 Å². The van der Waals surface area contributed by atoms with Gasteiger partial charge in [0, 0.05) is 10.6 Å². The fourth-order valence-corrected chi connectivity index (χ4v) is 2.29. The van der Waals surface area contributed by atoms with Crippen molar-refractivity contribution < 1.29 is 0 Å². The molecule has 1 aromatic heterocycles. The van der Waals surface area contributed by atoms with Gasteiger partial charge in [-0.1, -0.05) is 64.1 Å². The van der Waals surface area contributed by atoms with Crippen LogP contribution in [-0.2, 0) is 0 Å². The topological polar surface area (TPSA) is 37.3 Å². The average molecular weight is 369 g/mol. The van der Waals surface area contributed by atoms with Crippen LogP contribution in [0.3, 0.4) is 0 Å². The van der Waals surface area contributed by atoms with Gasteiger partial charge in [-0.25, -0.2) is 4.98 Å². The second kappa shape index (κ2) is 6.83. The van der Waals surface area contributed by atoms with Gasteiger partial charge in [-0.2, -0.15) is 5.10 Å². The van der Waals surface area contributed by atoms with Gasteiger partial charge >= 0.3 is 0 Å². The van der Waals surface area contributed by atoms with Crippen molar-refractivity contribution in [2.24, 2.45) is 5.10 Å². The number of halogens is 5. The lowest BCUT2D eigenvalue weighted by atomic mass is 10.2. The van der Waals surface area contributed by atoms with Gasteiger partial charge in [0.25, 0.3) is 0 Å². The van der Waals surface area contributed by atoms with Crippen LogP contribution in [0.4, 0.5) is 5.82 Å². The zero-order valence-electron chi connectivity index (χ0n) is 9.67. The number of hydrogen-bond donors (Lipinski definition) is 1. The Morgan fingerprint density at radius 2 is 1.70 bits per heavy atom. The molecule has 8 heteroatoms. The fourth-order valence-electron chi connectivity index (χ4n) is 1.29. The van der Waals surface area contributed by atoms with E-state index in [9.17, 15) is 0 Å². The molecule has 0 radical (unpaired) electrons. The quantitative estimate of drug-likeness (QED) is 0.422. The van der Waals surface area contributed by atoms with Crippen LogP contribution in [-0.4, -0.2) is 11.2 Å². The number of nitrogens with zero attached hydrogens (tertiary/aromatic N) is 2. The number of rotatable bonds is 3. The Morgan fingerprint density at radius 1 is 0.950 bits per heavy atom. The molecule has 3 nitrogen and oxygen atoms in total. The molecule has 2 aromatic rings. The van der Waals surface area contributed by atoms with Crippen molar-refractivity contribution in [3.8, 4) is 0 Å². The summed E-state index contributed by atoms with van der Waals surface area (Å²) in [6.07, 6.45) is 1.51. The molecule has 0 saturated carbocycles. The Morgan fingerprint density at radius 3 is 2.40 bits per heavy atom. The lowest BCUT2D eigenvalue weighted by Crippen LogP contribution is -1.95. The van der Waals surface area contributed by atoms with E-state index >= 15 is 0 Å². The molecule has 0 spiro atoms. The minimum absolute atomic E-state index is 0.137. The standard InChI is InChI=1S/C12H6Cl5N3/c13-7-2-1-6(8(14)3-7)5-18-20-12-10(16)4-9(15)11(17)19-12/h1-5H,(H,19,20). The molecule has 0 aliphatic rings. The van der Waals surface area contributed by atoms with Crippen LogP contribution in [0.1, 0.15) is 5.56 Å². The summed E-state index contributed by atoms with van der Waals surface area (Å²) < 4.78 is 0. The highest BCUT2D eigenvalue weighted by Gasteiger charge is 2.06. The molecule has 0 unspecified atom stereocenters. The van der Waals surface area contributed by atoms with E-state index in [4.69, 9.17) is 58.0 Å². The highest BCUT2D eigenvalue weighted by molar-refractivity contribution is 6.43. The summed E-state index contributed by atoms with van der Waals surface area (Å²) >= 11 is 29.3. The number of hydrazone groups is 1. The molecular weight excluding hydrogens is 363 g/mol. The largest absolute Gasteiger partial charge is 0.260 e. The van der Waals surface area contributed by atoms with Crippen molar-refractivity contribution in [1.29, 1.82) is 0 Å². The highest BCUT2D eigenvalue weighted by Crippen LogP contribution is 2.28. The summed E-state index contributed by atoms with van der Waals surface area (Å²) in [6, 6.07) is 6.54. The van der Waals surface area contributed by atoms with Crippen LogP contribution in [0.2, 0.25) is 25.2 Å². The van der Waals surface area contributed by atoms with Crippen LogP contribution in [0.25, 0.3) is 0 Å². The molecular formula is C12H6Cl5N3. The predicted octanol–water partition coefficient (Wildman–Crippen LogP) is 5.79. The maximum Gasteiger partial charge on any atom is 0.166 e. The number of aromatic nitrogens is 1. The van der Waals surface area contributed by atoms with Crippen LogP contribution in [0.15, 0.2) is 29.4 Å². The van der Waals surface area contributed by atoms with Crippen LogP contribution >= 0.6 is 58.0 Å². The van der Waals surface area contributed by atoms with E-state index in [1.165, 1.54) is 12.3 Å². The molecule has 104 valence electrons. The Hall–Kier alpha value is -0.710. The monoisotopic (exact) mass is 367 g/mol. The van der Waals surface area contributed by atoms with Crippen LogP contribution < -0.4 is 5.43 Å². The zero-order valence-corrected chi connectivity index (χ0v) is 13.5. The van der Waals surface area contributed by atoms with Gasteiger partial charge in [-0.05, 0) is 18.2 Å². The maximum absolute atomic E-state index is 6.00. The Labute approximate surface area is 140 Å². The van der Waals surface area contributed by atoms with Gasteiger partial charge < -0.3 is 0 Å². The third kappa shape index (κ3) is 3.90.